The summed E-state index contributed by atoms with van der Waals surface area (Å²) in [6, 6.07) is 0. The number of carbonyl (C=O) groups is 1. The van der Waals surface area contributed by atoms with Gasteiger partial charge in [0.05, 0.1) is 5.60 Å². The normalized spacial score (nSPS) is 11.4. The third-order valence-electron chi connectivity index (χ3n) is 0.835. The zero-order chi connectivity index (χ0) is 10.3. The van der Waals surface area contributed by atoms with Crippen LogP contribution in [0.25, 0.3) is 0 Å². The third-order valence-corrected chi connectivity index (χ3v) is 0.835. The van der Waals surface area contributed by atoms with Crippen molar-refractivity contribution in [1.29, 1.82) is 0 Å². The second kappa shape index (κ2) is 5.90. The molecule has 0 aromatic rings. The summed E-state index contributed by atoms with van der Waals surface area (Å²) in [6.45, 7) is 7.40. The van der Waals surface area contributed by atoms with Gasteiger partial charge < -0.3 is 4.74 Å². The highest BCUT2D eigenvalue weighted by molar-refractivity contribution is 5.69. The van der Waals surface area contributed by atoms with E-state index in [2.05, 4.69) is 14.8 Å². The monoisotopic (exact) mass is 192 g/mol. The minimum atomic E-state index is -0.619. The van der Waals surface area contributed by atoms with E-state index in [1.54, 1.807) is 27.7 Å². The zero-order valence-electron chi connectivity index (χ0n) is 8.46. The fourth-order valence-corrected chi connectivity index (χ4v) is 0.366. The van der Waals surface area contributed by atoms with E-state index in [1.165, 1.54) is 0 Å². The van der Waals surface area contributed by atoms with Crippen LogP contribution < -0.4 is 0 Å². The first-order valence-electron chi connectivity index (χ1n) is 4.08. The first kappa shape index (κ1) is 12.3. The summed E-state index contributed by atoms with van der Waals surface area (Å²) in [6.07, 6.45) is 0. The molecule has 0 fully saturated rings. The van der Waals surface area contributed by atoms with Gasteiger partial charge in [-0.15, -0.1) is 0 Å². The van der Waals surface area contributed by atoms with E-state index in [-0.39, 0.29) is 6.61 Å². The Kier molecular flexibility index (Phi) is 5.61. The molecule has 0 heterocycles. The SMILES string of the molecule is CCOCC(=O)OOOC(C)(C)C. The van der Waals surface area contributed by atoms with Crippen molar-refractivity contribution in [3.8, 4) is 0 Å². The summed E-state index contributed by atoms with van der Waals surface area (Å²) in [7, 11) is 0. The van der Waals surface area contributed by atoms with E-state index in [4.69, 9.17) is 4.74 Å². The zero-order valence-corrected chi connectivity index (χ0v) is 8.46. The topological polar surface area (TPSA) is 54.0 Å². The number of hydrogen-bond acceptors (Lipinski definition) is 5. The lowest BCUT2D eigenvalue weighted by molar-refractivity contribution is -0.514. The summed E-state index contributed by atoms with van der Waals surface area (Å²) < 4.78 is 4.77. The van der Waals surface area contributed by atoms with Crippen molar-refractivity contribution in [2.75, 3.05) is 13.2 Å². The molecule has 0 amide bonds. The molecule has 0 spiro atoms. The molecule has 5 nitrogen and oxygen atoms in total. The summed E-state index contributed by atoms with van der Waals surface area (Å²) >= 11 is 0. The van der Waals surface area contributed by atoms with Gasteiger partial charge in [0.1, 0.15) is 6.61 Å². The van der Waals surface area contributed by atoms with E-state index in [1.807, 2.05) is 0 Å². The fraction of sp³-hybridized carbons (Fsp3) is 0.875. The molecule has 0 aliphatic rings. The summed E-state index contributed by atoms with van der Waals surface area (Å²) in [5.74, 6) is -0.619. The molecular weight excluding hydrogens is 176 g/mol. The van der Waals surface area contributed by atoms with E-state index in [0.29, 0.717) is 6.61 Å². The van der Waals surface area contributed by atoms with Crippen LogP contribution >= 0.6 is 0 Å². The summed E-state index contributed by atoms with van der Waals surface area (Å²) in [5.41, 5.74) is -0.508. The molecule has 0 N–H and O–H groups in total. The molecule has 0 aliphatic carbocycles. The predicted molar refractivity (Wildman–Crippen MR) is 44.5 cm³/mol. The van der Waals surface area contributed by atoms with Crippen molar-refractivity contribution in [3.63, 3.8) is 0 Å². The van der Waals surface area contributed by atoms with Crippen LogP contribution in [0.4, 0.5) is 0 Å². The number of hydrogen-bond donors (Lipinski definition) is 0. The summed E-state index contributed by atoms with van der Waals surface area (Å²) in [4.78, 5) is 19.7. The maximum Gasteiger partial charge on any atom is 0.371 e. The third kappa shape index (κ3) is 9.26. The van der Waals surface area contributed by atoms with Gasteiger partial charge in [0.2, 0.25) is 0 Å². The number of ether oxygens (including phenoxy) is 1. The van der Waals surface area contributed by atoms with Gasteiger partial charge in [-0.2, -0.15) is 4.89 Å². The van der Waals surface area contributed by atoms with Crippen LogP contribution in [0.2, 0.25) is 0 Å². The minimum absolute atomic E-state index is 0.135. The standard InChI is InChI=1S/C8H16O5/c1-5-10-6-7(9)11-13-12-8(2,3)4/h5-6H2,1-4H3. The van der Waals surface area contributed by atoms with Crippen LogP contribution in [0.15, 0.2) is 0 Å². The molecule has 78 valence electrons. The van der Waals surface area contributed by atoms with Crippen LogP contribution in [0.1, 0.15) is 27.7 Å². The van der Waals surface area contributed by atoms with Gasteiger partial charge in [0, 0.05) is 6.61 Å². The molecule has 0 aliphatic heterocycles. The molecule has 0 atom stereocenters. The lowest BCUT2D eigenvalue weighted by Gasteiger charge is -2.15. The van der Waals surface area contributed by atoms with Crippen molar-refractivity contribution in [2.24, 2.45) is 0 Å². The molecule has 0 rings (SSSR count). The summed E-state index contributed by atoms with van der Waals surface area (Å²) in [5, 5.41) is 4.23. The van der Waals surface area contributed by atoms with Gasteiger partial charge in [-0.3, -0.25) is 4.89 Å². The van der Waals surface area contributed by atoms with Crippen LogP contribution in [-0.4, -0.2) is 24.8 Å². The Morgan fingerprint density at radius 3 is 2.38 bits per heavy atom. The smallest absolute Gasteiger partial charge is 0.370 e. The maximum absolute atomic E-state index is 10.7. The van der Waals surface area contributed by atoms with E-state index in [9.17, 15) is 4.79 Å². The van der Waals surface area contributed by atoms with Gasteiger partial charge in [-0.1, -0.05) is 0 Å². The van der Waals surface area contributed by atoms with Gasteiger partial charge in [0.15, 0.2) is 0 Å². The van der Waals surface area contributed by atoms with Crippen LogP contribution in [0, 0.1) is 0 Å². The van der Waals surface area contributed by atoms with Crippen molar-refractivity contribution < 1.29 is 24.3 Å². The Balaban J connectivity index is 3.37. The molecular formula is C8H16O5. The van der Waals surface area contributed by atoms with Crippen molar-refractivity contribution >= 4 is 5.97 Å². The van der Waals surface area contributed by atoms with Crippen molar-refractivity contribution in [2.45, 2.75) is 33.3 Å². The highest BCUT2D eigenvalue weighted by Crippen LogP contribution is 2.06. The lowest BCUT2D eigenvalue weighted by atomic mass is 10.2. The Bertz CT molecular complexity index is 149. The van der Waals surface area contributed by atoms with Crippen LogP contribution in [0.3, 0.4) is 0 Å². The molecule has 0 saturated carbocycles. The van der Waals surface area contributed by atoms with Crippen molar-refractivity contribution in [1.82, 2.24) is 0 Å². The number of carbonyl (C=O) groups excluding carboxylic acids is 1. The Labute approximate surface area is 77.8 Å². The predicted octanol–water partition coefficient (Wildman–Crippen LogP) is 1.23. The molecule has 13 heavy (non-hydrogen) atoms. The number of rotatable bonds is 5. The second-order valence-corrected chi connectivity index (χ2v) is 3.36. The van der Waals surface area contributed by atoms with Crippen molar-refractivity contribution in [3.05, 3.63) is 0 Å². The molecule has 0 aromatic carbocycles. The van der Waals surface area contributed by atoms with Crippen LogP contribution in [-0.2, 0) is 24.3 Å². The molecule has 0 aromatic heterocycles. The largest absolute Gasteiger partial charge is 0.371 e. The first-order valence-corrected chi connectivity index (χ1v) is 4.08. The second-order valence-electron chi connectivity index (χ2n) is 3.36. The molecule has 5 heteroatoms. The van der Waals surface area contributed by atoms with Gasteiger partial charge in [-0.25, -0.2) is 4.79 Å². The average molecular weight is 192 g/mol. The molecule has 0 bridgehead atoms. The molecule has 0 saturated heterocycles. The molecule has 0 unspecified atom stereocenters. The first-order chi connectivity index (χ1) is 5.95. The highest BCUT2D eigenvalue weighted by Gasteiger charge is 2.13. The van der Waals surface area contributed by atoms with Gasteiger partial charge >= 0.3 is 5.97 Å². The van der Waals surface area contributed by atoms with Gasteiger partial charge in [0.25, 0.3) is 0 Å². The van der Waals surface area contributed by atoms with Gasteiger partial charge in [-0.05, 0) is 32.7 Å². The Hall–Kier alpha value is -0.650. The Morgan fingerprint density at radius 2 is 1.92 bits per heavy atom. The quantitative estimate of drug-likeness (QED) is 0.484. The van der Waals surface area contributed by atoms with E-state index >= 15 is 0 Å². The minimum Gasteiger partial charge on any atom is -0.370 e. The lowest BCUT2D eigenvalue weighted by Crippen LogP contribution is -2.22. The Morgan fingerprint density at radius 1 is 1.31 bits per heavy atom. The maximum atomic E-state index is 10.7. The van der Waals surface area contributed by atoms with E-state index < -0.39 is 11.6 Å². The van der Waals surface area contributed by atoms with E-state index in [0.717, 1.165) is 0 Å². The molecule has 0 radical (unpaired) electrons. The fourth-order valence-electron chi connectivity index (χ4n) is 0.366. The highest BCUT2D eigenvalue weighted by atomic mass is 17.5. The van der Waals surface area contributed by atoms with Crippen LogP contribution in [0.5, 0.6) is 0 Å². The average Bonchev–Trinajstić information content (AvgIpc) is 1.98.